The maximum atomic E-state index is 12.8. The van der Waals surface area contributed by atoms with Crippen molar-refractivity contribution in [2.24, 2.45) is 0 Å². The average molecular weight is 414 g/mol. The molecule has 0 bridgehead atoms. The molecule has 0 spiro atoms. The Bertz CT molecular complexity index is 1250. The van der Waals surface area contributed by atoms with Crippen molar-refractivity contribution < 1.29 is 14.7 Å². The number of rotatable bonds is 4. The number of amides is 1. The minimum atomic E-state index is -1.21. The molecule has 28 heavy (non-hydrogen) atoms. The summed E-state index contributed by atoms with van der Waals surface area (Å²) in [7, 11) is 0. The van der Waals surface area contributed by atoms with E-state index in [0.29, 0.717) is 21.2 Å². The van der Waals surface area contributed by atoms with Crippen molar-refractivity contribution in [1.29, 1.82) is 5.26 Å². The van der Waals surface area contributed by atoms with E-state index in [1.165, 1.54) is 16.7 Å². The van der Waals surface area contributed by atoms with E-state index in [-0.39, 0.29) is 17.5 Å². The number of carboxylic acid groups (broad SMARTS) is 1. The number of nitrogens with one attached hydrogen (secondary N) is 1. The molecule has 0 saturated heterocycles. The number of anilines is 1. The molecule has 0 aromatic carbocycles. The minimum absolute atomic E-state index is 0.00344. The minimum Gasteiger partial charge on any atom is -0.478 e. The molecule has 0 radical (unpaired) electrons. The zero-order valence-corrected chi connectivity index (χ0v) is 16.4. The van der Waals surface area contributed by atoms with Crippen LogP contribution in [0.3, 0.4) is 0 Å². The third kappa shape index (κ3) is 2.89. The fourth-order valence-corrected chi connectivity index (χ4v) is 5.59. The molecule has 4 rings (SSSR count). The van der Waals surface area contributed by atoms with Crippen LogP contribution in [0.15, 0.2) is 10.2 Å². The van der Waals surface area contributed by atoms with Crippen molar-refractivity contribution in [1.82, 2.24) is 9.55 Å². The SMILES string of the molecule is Cc1nc2scc(C(=O)O)c2c(=O)n1CC(=O)Nc1sc2c(c1C#N)CCC2. The van der Waals surface area contributed by atoms with Gasteiger partial charge < -0.3 is 10.4 Å². The number of carbonyl (C=O) groups excluding carboxylic acids is 1. The van der Waals surface area contributed by atoms with E-state index in [1.807, 2.05) is 0 Å². The van der Waals surface area contributed by atoms with Crippen LogP contribution >= 0.6 is 22.7 Å². The molecule has 1 aliphatic carbocycles. The van der Waals surface area contributed by atoms with Crippen molar-refractivity contribution in [2.45, 2.75) is 32.7 Å². The highest BCUT2D eigenvalue weighted by Gasteiger charge is 2.24. The first-order valence-corrected chi connectivity index (χ1v) is 10.2. The quantitative estimate of drug-likeness (QED) is 0.676. The molecule has 3 aromatic heterocycles. The van der Waals surface area contributed by atoms with Crippen molar-refractivity contribution in [3.63, 3.8) is 0 Å². The van der Waals surface area contributed by atoms with Crippen LogP contribution in [0.1, 0.15) is 38.6 Å². The standard InChI is InChI=1S/C18H14N4O4S2/c1-8-20-16-14(11(7-27-16)18(25)26)17(24)22(8)6-13(23)21-15-10(5-19)9-3-2-4-12(9)28-15/h7H,2-4,6H2,1H3,(H,21,23)(H,25,26). The topological polar surface area (TPSA) is 125 Å². The van der Waals surface area contributed by atoms with E-state index < -0.39 is 17.4 Å². The molecule has 3 aromatic rings. The zero-order chi connectivity index (χ0) is 20.0. The molecular formula is C18H14N4O4S2. The Morgan fingerprint density at radius 2 is 2.21 bits per heavy atom. The van der Waals surface area contributed by atoms with Gasteiger partial charge in [0.05, 0.1) is 16.5 Å². The van der Waals surface area contributed by atoms with Gasteiger partial charge in [0.25, 0.3) is 5.56 Å². The van der Waals surface area contributed by atoms with Crippen LogP contribution in [0.2, 0.25) is 0 Å². The van der Waals surface area contributed by atoms with E-state index in [1.54, 1.807) is 6.92 Å². The molecule has 10 heteroatoms. The summed E-state index contributed by atoms with van der Waals surface area (Å²) in [6.45, 7) is 1.28. The molecule has 1 aliphatic rings. The normalized spacial score (nSPS) is 12.7. The van der Waals surface area contributed by atoms with E-state index in [4.69, 9.17) is 0 Å². The summed E-state index contributed by atoms with van der Waals surface area (Å²) in [6, 6.07) is 2.16. The lowest BCUT2D eigenvalue weighted by Gasteiger charge is -2.10. The molecule has 0 fully saturated rings. The Hall–Kier alpha value is -3.03. The molecular weight excluding hydrogens is 400 g/mol. The number of aromatic carboxylic acids is 1. The first-order chi connectivity index (χ1) is 13.4. The van der Waals surface area contributed by atoms with Crippen LogP contribution in [-0.4, -0.2) is 26.5 Å². The fraction of sp³-hybridized carbons (Fsp3) is 0.278. The van der Waals surface area contributed by atoms with Gasteiger partial charge in [-0.1, -0.05) is 0 Å². The van der Waals surface area contributed by atoms with E-state index in [9.17, 15) is 24.8 Å². The van der Waals surface area contributed by atoms with Gasteiger partial charge in [-0.3, -0.25) is 14.2 Å². The van der Waals surface area contributed by atoms with Gasteiger partial charge in [-0.15, -0.1) is 22.7 Å². The molecule has 0 saturated carbocycles. The highest BCUT2D eigenvalue weighted by atomic mass is 32.1. The Labute approximate surface area is 166 Å². The number of carboxylic acids is 1. The van der Waals surface area contributed by atoms with Crippen LogP contribution in [-0.2, 0) is 24.2 Å². The zero-order valence-electron chi connectivity index (χ0n) is 14.7. The number of thiophene rings is 2. The number of hydrogen-bond donors (Lipinski definition) is 2. The van der Waals surface area contributed by atoms with Crippen LogP contribution in [0.4, 0.5) is 5.00 Å². The lowest BCUT2D eigenvalue weighted by molar-refractivity contribution is -0.116. The predicted octanol–water partition coefficient (Wildman–Crippen LogP) is 2.53. The summed E-state index contributed by atoms with van der Waals surface area (Å²) in [5, 5.41) is 23.3. The molecule has 0 atom stereocenters. The lowest BCUT2D eigenvalue weighted by Crippen LogP contribution is -2.30. The molecule has 0 aliphatic heterocycles. The number of fused-ring (bicyclic) bond motifs is 2. The van der Waals surface area contributed by atoms with Crippen LogP contribution in [0.5, 0.6) is 0 Å². The summed E-state index contributed by atoms with van der Waals surface area (Å²) in [6.07, 6.45) is 2.75. The maximum Gasteiger partial charge on any atom is 0.337 e. The van der Waals surface area contributed by atoms with E-state index in [0.717, 1.165) is 45.6 Å². The largest absolute Gasteiger partial charge is 0.478 e. The lowest BCUT2D eigenvalue weighted by atomic mass is 10.1. The fourth-order valence-electron chi connectivity index (χ4n) is 3.39. The van der Waals surface area contributed by atoms with Crippen molar-refractivity contribution in [2.75, 3.05) is 5.32 Å². The first-order valence-electron chi connectivity index (χ1n) is 8.47. The van der Waals surface area contributed by atoms with Crippen molar-refractivity contribution in [3.05, 3.63) is 43.1 Å². The molecule has 8 nitrogen and oxygen atoms in total. The van der Waals surface area contributed by atoms with Gasteiger partial charge in [0.2, 0.25) is 5.91 Å². The first kappa shape index (κ1) is 18.3. The molecule has 0 unspecified atom stereocenters. The number of carbonyl (C=O) groups is 2. The van der Waals surface area contributed by atoms with Crippen LogP contribution in [0, 0.1) is 18.3 Å². The van der Waals surface area contributed by atoms with Gasteiger partial charge in [-0.05, 0) is 31.7 Å². The molecule has 2 N–H and O–H groups in total. The second kappa shape index (κ2) is 6.85. The number of nitriles is 1. The summed E-state index contributed by atoms with van der Waals surface area (Å²) < 4.78 is 1.16. The highest BCUT2D eigenvalue weighted by Crippen LogP contribution is 2.38. The second-order valence-corrected chi connectivity index (χ2v) is 8.37. The second-order valence-electron chi connectivity index (χ2n) is 6.41. The third-order valence-electron chi connectivity index (χ3n) is 4.70. The number of aromatic nitrogens is 2. The summed E-state index contributed by atoms with van der Waals surface area (Å²) >= 11 is 2.48. The van der Waals surface area contributed by atoms with Gasteiger partial charge in [0, 0.05) is 10.3 Å². The van der Waals surface area contributed by atoms with Gasteiger partial charge >= 0.3 is 5.97 Å². The molecule has 142 valence electrons. The summed E-state index contributed by atoms with van der Waals surface area (Å²) in [4.78, 5) is 42.4. The Kier molecular flexibility index (Phi) is 4.49. The summed E-state index contributed by atoms with van der Waals surface area (Å²) in [5.41, 5.74) is 0.816. The monoisotopic (exact) mass is 414 g/mol. The van der Waals surface area contributed by atoms with Crippen LogP contribution < -0.4 is 10.9 Å². The third-order valence-corrected chi connectivity index (χ3v) is 6.78. The van der Waals surface area contributed by atoms with E-state index in [2.05, 4.69) is 16.4 Å². The average Bonchev–Trinajstić information content (AvgIpc) is 3.32. The van der Waals surface area contributed by atoms with Gasteiger partial charge in [-0.25, -0.2) is 9.78 Å². The molecule has 3 heterocycles. The maximum absolute atomic E-state index is 12.8. The number of aryl methyl sites for hydroxylation is 2. The Balaban J connectivity index is 1.66. The Morgan fingerprint density at radius 1 is 1.43 bits per heavy atom. The molecule has 1 amide bonds. The van der Waals surface area contributed by atoms with Gasteiger partial charge in [-0.2, -0.15) is 5.26 Å². The van der Waals surface area contributed by atoms with E-state index >= 15 is 0 Å². The van der Waals surface area contributed by atoms with Crippen molar-refractivity contribution in [3.8, 4) is 6.07 Å². The van der Waals surface area contributed by atoms with Gasteiger partial charge in [0.1, 0.15) is 28.3 Å². The van der Waals surface area contributed by atoms with Crippen LogP contribution in [0.25, 0.3) is 10.2 Å². The summed E-state index contributed by atoms with van der Waals surface area (Å²) in [5.74, 6) is -1.35. The highest BCUT2D eigenvalue weighted by molar-refractivity contribution is 7.17. The predicted molar refractivity (Wildman–Crippen MR) is 105 cm³/mol. The number of nitrogens with zero attached hydrogens (tertiary/aromatic N) is 3. The Morgan fingerprint density at radius 3 is 2.93 bits per heavy atom. The van der Waals surface area contributed by atoms with Crippen molar-refractivity contribution >= 4 is 49.8 Å². The smallest absolute Gasteiger partial charge is 0.337 e. The van der Waals surface area contributed by atoms with Gasteiger partial charge in [0.15, 0.2) is 0 Å². The number of hydrogen-bond acceptors (Lipinski definition) is 7.